The van der Waals surface area contributed by atoms with E-state index in [2.05, 4.69) is 29.0 Å². The van der Waals surface area contributed by atoms with Crippen LogP contribution >= 0.6 is 0 Å². The molecule has 0 aromatic heterocycles. The topological polar surface area (TPSA) is 72.2 Å². The Balaban J connectivity index is 1.61. The van der Waals surface area contributed by atoms with E-state index >= 15 is 0 Å². The second-order valence-corrected chi connectivity index (χ2v) is 9.46. The van der Waals surface area contributed by atoms with E-state index in [9.17, 15) is 8.42 Å². The number of rotatable bonds is 3. The molecule has 0 saturated heterocycles. The fourth-order valence-corrected chi connectivity index (χ4v) is 6.11. The van der Waals surface area contributed by atoms with Crippen molar-refractivity contribution in [1.82, 2.24) is 4.72 Å². The summed E-state index contributed by atoms with van der Waals surface area (Å²) >= 11 is 0. The molecular formula is C23H22N2O2S. The van der Waals surface area contributed by atoms with Gasteiger partial charge in [-0.15, -0.1) is 0 Å². The molecule has 0 spiro atoms. The van der Waals surface area contributed by atoms with Crippen LogP contribution in [0.15, 0.2) is 77.7 Å². The number of nitrogens with one attached hydrogen (secondary N) is 1. The number of benzene rings is 3. The smallest absolute Gasteiger partial charge is 0.240 e. The Hall–Kier alpha value is -2.47. The quantitative estimate of drug-likeness (QED) is 0.721. The maximum absolute atomic E-state index is 13.1. The Labute approximate surface area is 165 Å². The van der Waals surface area contributed by atoms with Gasteiger partial charge in [0.15, 0.2) is 0 Å². The third-order valence-corrected chi connectivity index (χ3v) is 7.59. The lowest BCUT2D eigenvalue weighted by molar-refractivity contribution is 0.359. The molecule has 6 rings (SSSR count). The Morgan fingerprint density at radius 1 is 0.750 bits per heavy atom. The lowest BCUT2D eigenvalue weighted by Gasteiger charge is -2.49. The normalized spacial score (nSPS) is 25.2. The highest BCUT2D eigenvalue weighted by molar-refractivity contribution is 7.89. The van der Waals surface area contributed by atoms with Crippen molar-refractivity contribution in [2.45, 2.75) is 35.7 Å². The lowest BCUT2D eigenvalue weighted by atomic mass is 9.59. The molecule has 3 aliphatic carbocycles. The van der Waals surface area contributed by atoms with Gasteiger partial charge in [-0.2, -0.15) is 0 Å². The molecule has 3 N–H and O–H groups in total. The number of nitrogens with two attached hydrogens (primary N) is 1. The zero-order valence-corrected chi connectivity index (χ0v) is 16.4. The first-order chi connectivity index (χ1) is 13.5. The fraction of sp³-hybridized carbons (Fsp3) is 0.217. The SMILES string of the molecule is Cc1ccc(S(=O)(=O)N[C@@H]2C3c4ccccc4C(c4ccccc43)[C@@H]2N)cc1. The van der Waals surface area contributed by atoms with Crippen LogP contribution in [0, 0.1) is 6.92 Å². The summed E-state index contributed by atoms with van der Waals surface area (Å²) in [5.74, 6) is -0.101. The first-order valence-corrected chi connectivity index (χ1v) is 11.0. The lowest BCUT2D eigenvalue weighted by Crippen LogP contribution is -2.59. The standard InChI is InChI=1S/C23H22N2O2S/c1-14-10-12-15(13-11-14)28(26,27)25-23-21-18-8-4-2-6-16(18)20(22(23)24)17-7-3-5-9-19(17)21/h2-13,20-23,25H,24H2,1H3/t20?,21?,22-,23+/m0/s1. The van der Waals surface area contributed by atoms with Gasteiger partial charge in [-0.05, 0) is 41.3 Å². The molecule has 3 aliphatic rings. The van der Waals surface area contributed by atoms with E-state index in [1.807, 2.05) is 43.3 Å². The van der Waals surface area contributed by atoms with Crippen LogP contribution in [-0.2, 0) is 10.0 Å². The predicted molar refractivity (Wildman–Crippen MR) is 110 cm³/mol. The zero-order valence-electron chi connectivity index (χ0n) is 15.5. The largest absolute Gasteiger partial charge is 0.325 e. The van der Waals surface area contributed by atoms with E-state index in [1.165, 1.54) is 22.3 Å². The summed E-state index contributed by atoms with van der Waals surface area (Å²) in [6.07, 6.45) is 0. The van der Waals surface area contributed by atoms with Crippen LogP contribution in [0.1, 0.15) is 39.7 Å². The van der Waals surface area contributed by atoms with E-state index < -0.39 is 10.0 Å². The summed E-state index contributed by atoms with van der Waals surface area (Å²) < 4.78 is 29.1. The van der Waals surface area contributed by atoms with Crippen molar-refractivity contribution in [3.8, 4) is 0 Å². The minimum atomic E-state index is -3.67. The molecule has 0 fully saturated rings. The average molecular weight is 391 g/mol. The summed E-state index contributed by atoms with van der Waals surface area (Å²) in [6.45, 7) is 1.94. The Morgan fingerprint density at radius 3 is 1.71 bits per heavy atom. The molecule has 0 aliphatic heterocycles. The number of sulfonamides is 1. The molecule has 0 radical (unpaired) electrons. The van der Waals surface area contributed by atoms with E-state index in [0.29, 0.717) is 0 Å². The Morgan fingerprint density at radius 2 is 1.21 bits per heavy atom. The maximum Gasteiger partial charge on any atom is 0.240 e. The van der Waals surface area contributed by atoms with Gasteiger partial charge >= 0.3 is 0 Å². The highest BCUT2D eigenvalue weighted by Gasteiger charge is 2.49. The first-order valence-electron chi connectivity index (χ1n) is 9.49. The van der Waals surface area contributed by atoms with Crippen molar-refractivity contribution in [1.29, 1.82) is 0 Å². The molecule has 0 unspecified atom stereocenters. The molecule has 5 heteroatoms. The second-order valence-electron chi connectivity index (χ2n) is 7.75. The molecule has 28 heavy (non-hydrogen) atoms. The molecule has 4 nitrogen and oxygen atoms in total. The highest BCUT2D eigenvalue weighted by Crippen LogP contribution is 2.52. The van der Waals surface area contributed by atoms with E-state index in [1.54, 1.807) is 12.1 Å². The van der Waals surface area contributed by atoms with Crippen LogP contribution in [0.5, 0.6) is 0 Å². The van der Waals surface area contributed by atoms with Crippen molar-refractivity contribution in [3.05, 3.63) is 101 Å². The van der Waals surface area contributed by atoms with Gasteiger partial charge in [-0.25, -0.2) is 13.1 Å². The number of hydrogen-bond acceptors (Lipinski definition) is 3. The number of fused-ring (bicyclic) bond motifs is 1. The third kappa shape index (κ3) is 2.54. The minimum Gasteiger partial charge on any atom is -0.325 e. The fourth-order valence-electron chi connectivity index (χ4n) is 4.83. The van der Waals surface area contributed by atoms with Gasteiger partial charge in [0.1, 0.15) is 0 Å². The molecule has 0 saturated carbocycles. The van der Waals surface area contributed by atoms with Crippen molar-refractivity contribution >= 4 is 10.0 Å². The molecule has 0 amide bonds. The molecule has 2 atom stereocenters. The van der Waals surface area contributed by atoms with Gasteiger partial charge in [0.05, 0.1) is 4.90 Å². The van der Waals surface area contributed by atoms with Crippen LogP contribution in [0.25, 0.3) is 0 Å². The monoisotopic (exact) mass is 390 g/mol. The van der Waals surface area contributed by atoms with Crippen molar-refractivity contribution < 1.29 is 8.42 Å². The summed E-state index contributed by atoms with van der Waals surface area (Å²) in [5, 5.41) is 0. The van der Waals surface area contributed by atoms with Crippen molar-refractivity contribution in [3.63, 3.8) is 0 Å². The third-order valence-electron chi connectivity index (χ3n) is 6.11. The Kier molecular flexibility index (Phi) is 3.95. The summed E-state index contributed by atoms with van der Waals surface area (Å²) in [6, 6.07) is 22.7. The molecule has 0 heterocycles. The number of hydrogen-bond donors (Lipinski definition) is 2. The van der Waals surface area contributed by atoms with Crippen LogP contribution in [0.2, 0.25) is 0 Å². The summed E-state index contributed by atoms with van der Waals surface area (Å²) in [4.78, 5) is 0.272. The van der Waals surface area contributed by atoms with Gasteiger partial charge < -0.3 is 5.73 Å². The van der Waals surface area contributed by atoms with Crippen molar-refractivity contribution in [2.75, 3.05) is 0 Å². The van der Waals surface area contributed by atoms with Crippen LogP contribution < -0.4 is 10.5 Å². The van der Waals surface area contributed by atoms with Gasteiger partial charge in [-0.3, -0.25) is 0 Å². The molecule has 142 valence electrons. The van der Waals surface area contributed by atoms with Crippen LogP contribution in [0.3, 0.4) is 0 Å². The van der Waals surface area contributed by atoms with Gasteiger partial charge in [0.2, 0.25) is 10.0 Å². The van der Waals surface area contributed by atoms with Gasteiger partial charge in [0.25, 0.3) is 0 Å². The molecule has 3 aromatic rings. The molecular weight excluding hydrogens is 368 g/mol. The van der Waals surface area contributed by atoms with E-state index in [0.717, 1.165) is 5.56 Å². The summed E-state index contributed by atoms with van der Waals surface area (Å²) in [5.41, 5.74) is 12.5. The van der Waals surface area contributed by atoms with Crippen LogP contribution in [0.4, 0.5) is 0 Å². The minimum absolute atomic E-state index is 0.0110. The van der Waals surface area contributed by atoms with Gasteiger partial charge in [-0.1, -0.05) is 66.2 Å². The zero-order chi connectivity index (χ0) is 19.5. The second kappa shape index (κ2) is 6.27. The maximum atomic E-state index is 13.1. The first kappa shape index (κ1) is 17.6. The highest BCUT2D eigenvalue weighted by atomic mass is 32.2. The number of aryl methyl sites for hydroxylation is 1. The summed E-state index contributed by atoms with van der Waals surface area (Å²) in [7, 11) is -3.67. The average Bonchev–Trinajstić information content (AvgIpc) is 2.70. The Bertz CT molecular complexity index is 1110. The van der Waals surface area contributed by atoms with Crippen molar-refractivity contribution in [2.24, 2.45) is 5.73 Å². The van der Waals surface area contributed by atoms with Crippen LogP contribution in [-0.4, -0.2) is 20.5 Å². The van der Waals surface area contributed by atoms with E-state index in [4.69, 9.17) is 5.73 Å². The molecule has 2 bridgehead atoms. The molecule has 3 aromatic carbocycles. The predicted octanol–water partition coefficient (Wildman–Crippen LogP) is 3.26. The van der Waals surface area contributed by atoms with Gasteiger partial charge in [0, 0.05) is 23.9 Å². The van der Waals surface area contributed by atoms with E-state index in [-0.39, 0.29) is 28.8 Å².